The number of benzene rings is 2. The van der Waals surface area contributed by atoms with E-state index in [0.29, 0.717) is 10.9 Å². The van der Waals surface area contributed by atoms with Crippen LogP contribution in [0.15, 0.2) is 77.9 Å². The SMILES string of the molecule is O=C(Nc1nc(-c2ccccc2F)c2ccccc2nc1=O)c1cccnc1. The number of carbonyl (C=O) groups is 1. The molecule has 7 heteroatoms. The third-order valence-corrected chi connectivity index (χ3v) is 4.09. The third kappa shape index (κ3) is 3.33. The largest absolute Gasteiger partial charge is 0.313 e. The zero-order chi connectivity index (χ0) is 19.5. The summed E-state index contributed by atoms with van der Waals surface area (Å²) in [6.07, 6.45) is 2.89. The van der Waals surface area contributed by atoms with Gasteiger partial charge in [-0.1, -0.05) is 30.3 Å². The monoisotopic (exact) mass is 372 g/mol. The van der Waals surface area contributed by atoms with Crippen molar-refractivity contribution in [2.45, 2.75) is 0 Å². The molecule has 0 fully saturated rings. The van der Waals surface area contributed by atoms with Crippen LogP contribution in [0.25, 0.3) is 22.2 Å². The van der Waals surface area contributed by atoms with E-state index in [1.165, 1.54) is 18.5 Å². The second-order valence-corrected chi connectivity index (χ2v) is 5.92. The lowest BCUT2D eigenvalue weighted by Gasteiger charge is -2.05. The molecule has 136 valence electrons. The van der Waals surface area contributed by atoms with Crippen LogP contribution in [0.1, 0.15) is 10.4 Å². The maximum atomic E-state index is 14.5. The fraction of sp³-hybridized carbons (Fsp3) is 0. The third-order valence-electron chi connectivity index (χ3n) is 4.09. The lowest BCUT2D eigenvalue weighted by molar-refractivity contribution is 0.102. The Labute approximate surface area is 158 Å². The highest BCUT2D eigenvalue weighted by Gasteiger charge is 2.15. The first-order chi connectivity index (χ1) is 13.6. The van der Waals surface area contributed by atoms with Gasteiger partial charge in [0.05, 0.1) is 16.8 Å². The van der Waals surface area contributed by atoms with Gasteiger partial charge in [0.2, 0.25) is 5.82 Å². The highest BCUT2D eigenvalue weighted by atomic mass is 19.1. The molecule has 4 aromatic rings. The molecule has 1 N–H and O–H groups in total. The second kappa shape index (κ2) is 7.32. The Bertz CT molecular complexity index is 1250. The average molecular weight is 372 g/mol. The van der Waals surface area contributed by atoms with E-state index < -0.39 is 17.3 Å². The maximum absolute atomic E-state index is 14.5. The van der Waals surface area contributed by atoms with E-state index in [4.69, 9.17) is 0 Å². The average Bonchev–Trinajstić information content (AvgIpc) is 2.85. The number of pyridine rings is 1. The first-order valence-electron chi connectivity index (χ1n) is 8.41. The van der Waals surface area contributed by atoms with E-state index in [1.54, 1.807) is 54.6 Å². The lowest BCUT2D eigenvalue weighted by Crippen LogP contribution is -2.19. The summed E-state index contributed by atoms with van der Waals surface area (Å²) < 4.78 is 14.5. The molecule has 2 aromatic heterocycles. The molecule has 0 spiro atoms. The molecule has 0 atom stereocenters. The summed E-state index contributed by atoms with van der Waals surface area (Å²) in [5.74, 6) is -1.35. The Balaban J connectivity index is 1.93. The number of halogens is 1. The summed E-state index contributed by atoms with van der Waals surface area (Å²) >= 11 is 0. The van der Waals surface area contributed by atoms with Gasteiger partial charge in [0.1, 0.15) is 5.82 Å². The van der Waals surface area contributed by atoms with E-state index >= 15 is 0 Å². The fourth-order valence-electron chi connectivity index (χ4n) is 2.77. The molecule has 2 aromatic carbocycles. The zero-order valence-electron chi connectivity index (χ0n) is 14.5. The van der Waals surface area contributed by atoms with Gasteiger partial charge >= 0.3 is 5.56 Å². The summed E-state index contributed by atoms with van der Waals surface area (Å²) in [7, 11) is 0. The number of nitrogens with zero attached hydrogens (tertiary/aromatic N) is 3. The predicted molar refractivity (Wildman–Crippen MR) is 103 cm³/mol. The topological polar surface area (TPSA) is 84.8 Å². The van der Waals surface area contributed by atoms with Crippen LogP contribution in [0.2, 0.25) is 0 Å². The number of hydrogen-bond donors (Lipinski definition) is 1. The summed E-state index contributed by atoms with van der Waals surface area (Å²) in [5, 5.41) is 2.96. The van der Waals surface area contributed by atoms with Gasteiger partial charge in [-0.2, -0.15) is 0 Å². The van der Waals surface area contributed by atoms with Crippen LogP contribution in [0.4, 0.5) is 10.2 Å². The molecule has 0 unspecified atom stereocenters. The van der Waals surface area contributed by atoms with Crippen molar-refractivity contribution in [3.63, 3.8) is 0 Å². The van der Waals surface area contributed by atoms with Gasteiger partial charge in [-0.3, -0.25) is 14.6 Å². The van der Waals surface area contributed by atoms with Crippen LogP contribution >= 0.6 is 0 Å². The first-order valence-corrected chi connectivity index (χ1v) is 8.41. The van der Waals surface area contributed by atoms with Crippen molar-refractivity contribution < 1.29 is 9.18 Å². The molecule has 6 nitrogen and oxygen atoms in total. The minimum absolute atomic E-state index is 0.202. The minimum Gasteiger partial charge on any atom is -0.302 e. The van der Waals surface area contributed by atoms with Crippen molar-refractivity contribution in [2.75, 3.05) is 5.32 Å². The predicted octanol–water partition coefficient (Wildman–Crippen LogP) is 3.44. The molecule has 0 saturated heterocycles. The van der Waals surface area contributed by atoms with Gasteiger partial charge in [-0.25, -0.2) is 14.4 Å². The van der Waals surface area contributed by atoms with Gasteiger partial charge < -0.3 is 5.32 Å². The smallest absolute Gasteiger partial charge is 0.302 e. The number of amides is 1. The first kappa shape index (κ1) is 17.4. The van der Waals surface area contributed by atoms with Gasteiger partial charge in [0, 0.05) is 23.3 Å². The van der Waals surface area contributed by atoms with E-state index in [-0.39, 0.29) is 22.6 Å². The minimum atomic E-state index is -0.726. The number of aromatic nitrogens is 3. The molecule has 0 aliphatic carbocycles. The van der Waals surface area contributed by atoms with Gasteiger partial charge in [-0.05, 0) is 30.3 Å². The summed E-state index contributed by atoms with van der Waals surface area (Å²) in [6, 6.07) is 16.0. The molecule has 0 saturated carbocycles. The van der Waals surface area contributed by atoms with E-state index in [1.807, 2.05) is 0 Å². The van der Waals surface area contributed by atoms with Crippen LogP contribution in [-0.2, 0) is 0 Å². The summed E-state index contributed by atoms with van der Waals surface area (Å²) in [4.78, 5) is 37.2. The number of rotatable bonds is 3. The number of hydrogen-bond acceptors (Lipinski definition) is 5. The molecule has 4 rings (SSSR count). The molecule has 0 aliphatic heterocycles. The number of anilines is 1. The molecular weight excluding hydrogens is 359 g/mol. The molecule has 1 amide bonds. The molecule has 0 bridgehead atoms. The van der Waals surface area contributed by atoms with Crippen molar-refractivity contribution in [2.24, 2.45) is 0 Å². The lowest BCUT2D eigenvalue weighted by atomic mass is 10.1. The van der Waals surface area contributed by atoms with E-state index in [0.717, 1.165) is 0 Å². The number of nitrogens with one attached hydrogen (secondary N) is 1. The standard InChI is InChI=1S/C21H13FN4O2/c22-16-9-3-1-7-14(16)18-15-8-2-4-10-17(15)24-21(28)19(25-18)26-20(27)13-6-5-11-23-12-13/h1-12H,(H,24,25,26,27,28). The summed E-state index contributed by atoms with van der Waals surface area (Å²) in [6.45, 7) is 0. The van der Waals surface area contributed by atoms with Crippen LogP contribution in [0.3, 0.4) is 0 Å². The normalized spacial score (nSPS) is 10.6. The molecule has 0 aliphatic rings. The second-order valence-electron chi connectivity index (χ2n) is 5.92. The van der Waals surface area contributed by atoms with Gasteiger partial charge in [0.15, 0.2) is 0 Å². The molecular formula is C21H13FN4O2. The van der Waals surface area contributed by atoms with Crippen molar-refractivity contribution in [3.05, 3.63) is 94.8 Å². The van der Waals surface area contributed by atoms with Crippen LogP contribution in [0.5, 0.6) is 0 Å². The highest BCUT2D eigenvalue weighted by Crippen LogP contribution is 2.27. The number of fused-ring (bicyclic) bond motifs is 1. The van der Waals surface area contributed by atoms with Crippen molar-refractivity contribution >= 4 is 22.6 Å². The Kier molecular flexibility index (Phi) is 4.55. The van der Waals surface area contributed by atoms with Crippen LogP contribution < -0.4 is 10.9 Å². The Morgan fingerprint density at radius 2 is 1.71 bits per heavy atom. The zero-order valence-corrected chi connectivity index (χ0v) is 14.5. The summed E-state index contributed by atoms with van der Waals surface area (Å²) in [5.41, 5.74) is 0.293. The van der Waals surface area contributed by atoms with Crippen LogP contribution in [-0.4, -0.2) is 20.9 Å². The number of carbonyl (C=O) groups excluding carboxylic acids is 1. The van der Waals surface area contributed by atoms with Crippen LogP contribution in [0, 0.1) is 5.82 Å². The van der Waals surface area contributed by atoms with Crippen molar-refractivity contribution in [1.82, 2.24) is 15.0 Å². The quantitative estimate of drug-likeness (QED) is 0.595. The van der Waals surface area contributed by atoms with Gasteiger partial charge in [0.25, 0.3) is 5.91 Å². The van der Waals surface area contributed by atoms with E-state index in [9.17, 15) is 14.0 Å². The molecule has 0 radical (unpaired) electrons. The fourth-order valence-corrected chi connectivity index (χ4v) is 2.77. The Morgan fingerprint density at radius 3 is 2.50 bits per heavy atom. The maximum Gasteiger partial charge on any atom is 0.313 e. The Hall–Kier alpha value is -4.00. The van der Waals surface area contributed by atoms with E-state index in [2.05, 4.69) is 20.3 Å². The van der Waals surface area contributed by atoms with Gasteiger partial charge in [-0.15, -0.1) is 0 Å². The Morgan fingerprint density at radius 1 is 0.929 bits per heavy atom. The molecule has 2 heterocycles. The number of para-hydroxylation sites is 1. The van der Waals surface area contributed by atoms with Crippen molar-refractivity contribution in [1.29, 1.82) is 0 Å². The molecule has 28 heavy (non-hydrogen) atoms. The highest BCUT2D eigenvalue weighted by molar-refractivity contribution is 6.04. The van der Waals surface area contributed by atoms with Crippen molar-refractivity contribution in [3.8, 4) is 11.3 Å².